The molecule has 2 fully saturated rings. The predicted octanol–water partition coefficient (Wildman–Crippen LogP) is 4.81. The Kier molecular flexibility index (Phi) is 5.44. The van der Waals surface area contributed by atoms with Gasteiger partial charge in [0.2, 0.25) is 15.9 Å². The quantitative estimate of drug-likeness (QED) is 0.388. The summed E-state index contributed by atoms with van der Waals surface area (Å²) in [6.45, 7) is 0. The van der Waals surface area contributed by atoms with Crippen molar-refractivity contribution in [1.29, 1.82) is 0 Å². The van der Waals surface area contributed by atoms with E-state index < -0.39 is 22.1 Å². The first-order valence-corrected chi connectivity index (χ1v) is 13.9. The zero-order valence-corrected chi connectivity index (χ0v) is 20.7. The van der Waals surface area contributed by atoms with Crippen LogP contribution in [0.4, 0.5) is 10.1 Å². The molecular formula is C24H20ClFN4O3S2. The van der Waals surface area contributed by atoms with Crippen molar-refractivity contribution in [2.45, 2.75) is 36.6 Å². The summed E-state index contributed by atoms with van der Waals surface area (Å²) in [7, 11) is -3.50. The highest BCUT2D eigenvalue weighted by molar-refractivity contribution is 7.90. The summed E-state index contributed by atoms with van der Waals surface area (Å²) in [5, 5.41) is 4.85. The minimum Gasteiger partial charge on any atom is -0.302 e. The second-order valence-electron chi connectivity index (χ2n) is 8.80. The van der Waals surface area contributed by atoms with Gasteiger partial charge in [-0.05, 0) is 67.4 Å². The van der Waals surface area contributed by atoms with E-state index in [1.807, 2.05) is 24.3 Å². The summed E-state index contributed by atoms with van der Waals surface area (Å²) in [4.78, 5) is 15.7. The zero-order valence-electron chi connectivity index (χ0n) is 18.3. The molecule has 11 heteroatoms. The van der Waals surface area contributed by atoms with Crippen molar-refractivity contribution >= 4 is 55.5 Å². The first-order chi connectivity index (χ1) is 16.8. The number of carbonyl (C=O) groups is 1. The van der Waals surface area contributed by atoms with Gasteiger partial charge in [-0.1, -0.05) is 11.6 Å². The largest absolute Gasteiger partial charge is 0.302 e. The average Bonchev–Trinajstić information content (AvgIpc) is 3.38. The number of benzene rings is 2. The van der Waals surface area contributed by atoms with Gasteiger partial charge in [0, 0.05) is 22.4 Å². The minimum atomic E-state index is -3.50. The monoisotopic (exact) mass is 530 g/mol. The van der Waals surface area contributed by atoms with Gasteiger partial charge in [-0.3, -0.25) is 4.79 Å². The molecule has 2 aliphatic rings. The predicted molar refractivity (Wildman–Crippen MR) is 134 cm³/mol. The Hall–Kier alpha value is -2.79. The molecule has 1 saturated heterocycles. The van der Waals surface area contributed by atoms with Crippen molar-refractivity contribution in [3.05, 3.63) is 75.8 Å². The highest BCUT2D eigenvalue weighted by Crippen LogP contribution is 2.42. The lowest BCUT2D eigenvalue weighted by Crippen LogP contribution is -2.41. The molecule has 2 atom stereocenters. The number of sulfonamides is 1. The van der Waals surface area contributed by atoms with Crippen LogP contribution >= 0.6 is 22.9 Å². The van der Waals surface area contributed by atoms with Crippen LogP contribution in [-0.2, 0) is 14.8 Å². The molecule has 7 nitrogen and oxygen atoms in total. The van der Waals surface area contributed by atoms with Crippen molar-refractivity contribution in [2.75, 3.05) is 4.90 Å². The molecule has 1 amide bonds. The Balaban J connectivity index is 1.39. The highest BCUT2D eigenvalue weighted by atomic mass is 35.5. The molecule has 0 radical (unpaired) electrons. The number of carbonyl (C=O) groups excluding carboxylic acids is 1. The third kappa shape index (κ3) is 4.14. The number of nitrogens with zero attached hydrogens (tertiary/aromatic N) is 3. The third-order valence-electron chi connectivity index (χ3n) is 6.39. The maximum absolute atomic E-state index is 13.3. The SMILES string of the molecule is O=C1C[C@@H](NS(=O)(=O)C2CC2)[C@H](c2ccc(Cl)s2)N1c1ccc2c(cnn2-c2ccc(F)cc2)c1. The van der Waals surface area contributed by atoms with Gasteiger partial charge in [-0.2, -0.15) is 5.10 Å². The van der Waals surface area contributed by atoms with Gasteiger partial charge >= 0.3 is 0 Å². The van der Waals surface area contributed by atoms with Crippen LogP contribution in [-0.4, -0.2) is 35.4 Å². The van der Waals surface area contributed by atoms with Gasteiger partial charge in [0.15, 0.2) is 0 Å². The Bertz CT molecular complexity index is 1550. The number of aromatic nitrogens is 2. The van der Waals surface area contributed by atoms with E-state index >= 15 is 0 Å². The number of nitrogens with one attached hydrogen (secondary N) is 1. The molecule has 3 heterocycles. The van der Waals surface area contributed by atoms with E-state index in [-0.39, 0.29) is 23.4 Å². The summed E-state index contributed by atoms with van der Waals surface area (Å²) in [5.41, 5.74) is 2.16. The summed E-state index contributed by atoms with van der Waals surface area (Å²) in [6, 6.07) is 14.1. The normalized spacial score (nSPS) is 20.7. The zero-order chi connectivity index (χ0) is 24.3. The highest BCUT2D eigenvalue weighted by Gasteiger charge is 2.46. The van der Waals surface area contributed by atoms with Gasteiger partial charge in [-0.25, -0.2) is 22.2 Å². The van der Waals surface area contributed by atoms with Crippen molar-refractivity contribution in [3.63, 3.8) is 0 Å². The second kappa shape index (κ2) is 8.41. The Morgan fingerprint density at radius 1 is 1.06 bits per heavy atom. The van der Waals surface area contributed by atoms with Crippen molar-refractivity contribution < 1.29 is 17.6 Å². The first kappa shape index (κ1) is 22.7. The molecule has 180 valence electrons. The molecule has 1 saturated carbocycles. The lowest BCUT2D eigenvalue weighted by atomic mass is 10.1. The van der Waals surface area contributed by atoms with Crippen LogP contribution in [0.5, 0.6) is 0 Å². The Morgan fingerprint density at radius 2 is 1.80 bits per heavy atom. The number of fused-ring (bicyclic) bond motifs is 1. The second-order valence-corrected chi connectivity index (χ2v) is 12.5. The lowest BCUT2D eigenvalue weighted by Gasteiger charge is -2.28. The van der Waals surface area contributed by atoms with Crippen LogP contribution in [0.3, 0.4) is 0 Å². The van der Waals surface area contributed by atoms with E-state index in [1.165, 1.54) is 23.5 Å². The number of halogens is 2. The van der Waals surface area contributed by atoms with Gasteiger partial charge in [0.25, 0.3) is 0 Å². The molecule has 1 aliphatic carbocycles. The van der Waals surface area contributed by atoms with Crippen LogP contribution in [0.25, 0.3) is 16.6 Å². The van der Waals surface area contributed by atoms with E-state index in [0.29, 0.717) is 28.6 Å². The molecule has 1 N–H and O–H groups in total. The molecular weight excluding hydrogens is 511 g/mol. The average molecular weight is 531 g/mol. The Morgan fingerprint density at radius 3 is 2.49 bits per heavy atom. The molecule has 35 heavy (non-hydrogen) atoms. The van der Waals surface area contributed by atoms with Crippen molar-refractivity contribution in [3.8, 4) is 5.69 Å². The van der Waals surface area contributed by atoms with Crippen LogP contribution in [0.1, 0.15) is 30.2 Å². The molecule has 0 bridgehead atoms. The Labute approximate surface area is 210 Å². The summed E-state index contributed by atoms with van der Waals surface area (Å²) >= 11 is 7.54. The fourth-order valence-electron chi connectivity index (χ4n) is 4.60. The molecule has 1 aliphatic heterocycles. The summed E-state index contributed by atoms with van der Waals surface area (Å²) in [6.07, 6.45) is 3.03. The first-order valence-electron chi connectivity index (χ1n) is 11.1. The van der Waals surface area contributed by atoms with Crippen LogP contribution in [0.2, 0.25) is 4.34 Å². The number of hydrogen-bond donors (Lipinski definition) is 1. The van der Waals surface area contributed by atoms with Gasteiger partial charge < -0.3 is 4.90 Å². The van der Waals surface area contributed by atoms with Crippen molar-refractivity contribution in [2.24, 2.45) is 0 Å². The number of hydrogen-bond acceptors (Lipinski definition) is 5. The fourth-order valence-corrected chi connectivity index (χ4v) is 7.40. The number of amides is 1. The number of anilines is 1. The number of thiophene rings is 1. The topological polar surface area (TPSA) is 84.3 Å². The van der Waals surface area contributed by atoms with E-state index in [1.54, 1.807) is 34.0 Å². The molecule has 2 aromatic heterocycles. The molecule has 4 aromatic rings. The van der Waals surface area contributed by atoms with E-state index in [9.17, 15) is 17.6 Å². The standard InChI is InChI=1S/C24H20ClFN4O3S2/c25-22-10-9-21(34-22)24-19(28-35(32,33)18-6-7-18)12-23(31)29(24)17-5-8-20-14(11-17)13-27-30(20)16-3-1-15(26)2-4-16/h1-5,8-11,13,18-19,24,28H,6-7,12H2/t19-,24-/m1/s1. The van der Waals surface area contributed by atoms with Crippen molar-refractivity contribution in [1.82, 2.24) is 14.5 Å². The fraction of sp³-hybridized carbons (Fsp3) is 0.250. The van der Waals surface area contributed by atoms with Crippen LogP contribution in [0, 0.1) is 5.82 Å². The molecule has 2 aromatic carbocycles. The molecule has 0 spiro atoms. The summed E-state index contributed by atoms with van der Waals surface area (Å²) < 4.78 is 43.8. The lowest BCUT2D eigenvalue weighted by molar-refractivity contribution is -0.117. The van der Waals surface area contributed by atoms with Crippen LogP contribution < -0.4 is 9.62 Å². The minimum absolute atomic E-state index is 0.0546. The van der Waals surface area contributed by atoms with E-state index in [0.717, 1.165) is 15.8 Å². The summed E-state index contributed by atoms with van der Waals surface area (Å²) in [5.74, 6) is -0.500. The smallest absolute Gasteiger partial charge is 0.229 e. The van der Waals surface area contributed by atoms with Gasteiger partial charge in [0.05, 0.1) is 39.1 Å². The van der Waals surface area contributed by atoms with E-state index in [2.05, 4.69) is 9.82 Å². The van der Waals surface area contributed by atoms with Gasteiger partial charge in [0.1, 0.15) is 5.82 Å². The molecule has 0 unspecified atom stereocenters. The maximum atomic E-state index is 13.3. The third-order valence-corrected chi connectivity index (χ3v) is 9.67. The van der Waals surface area contributed by atoms with Gasteiger partial charge in [-0.15, -0.1) is 11.3 Å². The number of rotatable bonds is 6. The molecule has 6 rings (SSSR count). The van der Waals surface area contributed by atoms with Crippen LogP contribution in [0.15, 0.2) is 60.8 Å². The maximum Gasteiger partial charge on any atom is 0.229 e. The van der Waals surface area contributed by atoms with E-state index in [4.69, 9.17) is 11.6 Å².